The summed E-state index contributed by atoms with van der Waals surface area (Å²) in [5, 5.41) is 0. The molecule has 3 aliphatic rings. The summed E-state index contributed by atoms with van der Waals surface area (Å²) >= 11 is 0. The third-order valence-corrected chi connectivity index (χ3v) is 5.85. The van der Waals surface area contributed by atoms with E-state index in [2.05, 4.69) is 0 Å². The van der Waals surface area contributed by atoms with E-state index in [-0.39, 0.29) is 17.7 Å². The summed E-state index contributed by atoms with van der Waals surface area (Å²) in [5.74, 6) is 1.13. The van der Waals surface area contributed by atoms with E-state index in [4.69, 9.17) is 9.47 Å². The average molecular weight is 358 g/mol. The molecule has 0 radical (unpaired) electrons. The number of likely N-dealkylation sites (tertiary alicyclic amines) is 1. The predicted molar refractivity (Wildman–Crippen MR) is 95.6 cm³/mol. The highest BCUT2D eigenvalue weighted by Gasteiger charge is 2.43. The Bertz CT molecular complexity index is 691. The SMILES string of the molecule is CC(=O)N1Cc2ccccc2OC2(CCN(C(=O)[C@@H]3CCOC3)CC2)C1. The number of amides is 2. The number of carbonyl (C=O) groups excluding carboxylic acids is 2. The second kappa shape index (κ2) is 6.91. The Morgan fingerprint density at radius 2 is 1.92 bits per heavy atom. The van der Waals surface area contributed by atoms with Crippen molar-refractivity contribution >= 4 is 11.8 Å². The lowest BCUT2D eigenvalue weighted by Gasteiger charge is -2.43. The lowest BCUT2D eigenvalue weighted by molar-refractivity contribution is -0.141. The third-order valence-electron chi connectivity index (χ3n) is 5.85. The van der Waals surface area contributed by atoms with Gasteiger partial charge in [-0.25, -0.2) is 0 Å². The fourth-order valence-electron chi connectivity index (χ4n) is 4.21. The summed E-state index contributed by atoms with van der Waals surface area (Å²) in [6.45, 7) is 5.33. The first-order chi connectivity index (χ1) is 12.6. The zero-order chi connectivity index (χ0) is 18.1. The van der Waals surface area contributed by atoms with Crippen LogP contribution in [0, 0.1) is 5.92 Å². The van der Waals surface area contributed by atoms with Crippen LogP contribution in [0.15, 0.2) is 24.3 Å². The van der Waals surface area contributed by atoms with Crippen LogP contribution >= 0.6 is 0 Å². The smallest absolute Gasteiger partial charge is 0.228 e. The van der Waals surface area contributed by atoms with E-state index in [0.29, 0.717) is 39.4 Å². The maximum absolute atomic E-state index is 12.7. The molecule has 0 unspecified atom stereocenters. The molecule has 2 amide bonds. The van der Waals surface area contributed by atoms with Crippen molar-refractivity contribution in [2.45, 2.75) is 38.3 Å². The van der Waals surface area contributed by atoms with Gasteiger partial charge in [0.25, 0.3) is 0 Å². The summed E-state index contributed by atoms with van der Waals surface area (Å²) in [4.78, 5) is 28.6. The quantitative estimate of drug-likeness (QED) is 0.768. The van der Waals surface area contributed by atoms with Gasteiger partial charge in [-0.15, -0.1) is 0 Å². The van der Waals surface area contributed by atoms with Crippen LogP contribution in [0.3, 0.4) is 0 Å². The minimum Gasteiger partial charge on any atom is -0.485 e. The Balaban J connectivity index is 1.51. The van der Waals surface area contributed by atoms with Crippen molar-refractivity contribution in [3.63, 3.8) is 0 Å². The predicted octanol–water partition coefficient (Wildman–Crippen LogP) is 1.83. The Morgan fingerprint density at radius 3 is 2.62 bits per heavy atom. The van der Waals surface area contributed by atoms with E-state index in [0.717, 1.165) is 30.6 Å². The van der Waals surface area contributed by atoms with E-state index in [9.17, 15) is 9.59 Å². The van der Waals surface area contributed by atoms with Crippen molar-refractivity contribution in [3.05, 3.63) is 29.8 Å². The summed E-state index contributed by atoms with van der Waals surface area (Å²) in [6, 6.07) is 7.94. The zero-order valence-electron chi connectivity index (χ0n) is 15.3. The molecule has 0 aliphatic carbocycles. The van der Waals surface area contributed by atoms with Crippen LogP contribution in [0.25, 0.3) is 0 Å². The summed E-state index contributed by atoms with van der Waals surface area (Å²) in [6.07, 6.45) is 2.30. The molecule has 6 heteroatoms. The van der Waals surface area contributed by atoms with Crippen LogP contribution in [0.1, 0.15) is 31.7 Å². The molecule has 6 nitrogen and oxygen atoms in total. The number of rotatable bonds is 1. The molecular formula is C20H26N2O4. The topological polar surface area (TPSA) is 59.1 Å². The van der Waals surface area contributed by atoms with Gasteiger partial charge < -0.3 is 19.3 Å². The molecule has 0 aromatic heterocycles. The van der Waals surface area contributed by atoms with Crippen molar-refractivity contribution in [1.82, 2.24) is 9.80 Å². The number of fused-ring (bicyclic) bond motifs is 1. The van der Waals surface area contributed by atoms with Gasteiger partial charge in [0.05, 0.1) is 19.1 Å². The molecule has 140 valence electrons. The Kier molecular flexibility index (Phi) is 4.61. The molecule has 3 aliphatic heterocycles. The lowest BCUT2D eigenvalue weighted by Crippen LogP contribution is -2.55. The molecule has 0 N–H and O–H groups in total. The average Bonchev–Trinajstić information content (AvgIpc) is 3.12. The van der Waals surface area contributed by atoms with Gasteiger partial charge in [-0.2, -0.15) is 0 Å². The van der Waals surface area contributed by atoms with Crippen LogP contribution in [0.2, 0.25) is 0 Å². The first-order valence-electron chi connectivity index (χ1n) is 9.45. The largest absolute Gasteiger partial charge is 0.485 e. The number of hydrogen-bond acceptors (Lipinski definition) is 4. The molecule has 0 bridgehead atoms. The maximum atomic E-state index is 12.7. The molecule has 0 saturated carbocycles. The summed E-state index contributed by atoms with van der Waals surface area (Å²) in [5.41, 5.74) is 0.627. The molecule has 3 heterocycles. The van der Waals surface area contributed by atoms with E-state index in [1.54, 1.807) is 6.92 Å². The maximum Gasteiger partial charge on any atom is 0.228 e. The van der Waals surface area contributed by atoms with Crippen molar-refractivity contribution in [2.75, 3.05) is 32.8 Å². The van der Waals surface area contributed by atoms with E-state index in [1.165, 1.54) is 0 Å². The molecular weight excluding hydrogens is 332 g/mol. The fourth-order valence-corrected chi connectivity index (χ4v) is 4.21. The second-order valence-corrected chi connectivity index (χ2v) is 7.65. The Labute approximate surface area is 154 Å². The van der Waals surface area contributed by atoms with Gasteiger partial charge in [-0.05, 0) is 12.5 Å². The molecule has 1 aromatic carbocycles. The Morgan fingerprint density at radius 1 is 1.15 bits per heavy atom. The van der Waals surface area contributed by atoms with Gasteiger partial charge in [-0.1, -0.05) is 18.2 Å². The molecule has 4 rings (SSSR count). The highest BCUT2D eigenvalue weighted by atomic mass is 16.5. The highest BCUT2D eigenvalue weighted by molar-refractivity contribution is 5.79. The van der Waals surface area contributed by atoms with Crippen LogP contribution in [0.5, 0.6) is 5.75 Å². The fraction of sp³-hybridized carbons (Fsp3) is 0.600. The standard InChI is InChI=1S/C20H26N2O4/c1-15(23)22-12-16-4-2-3-5-18(16)26-20(14-22)7-9-21(10-8-20)19(24)17-6-11-25-13-17/h2-5,17H,6-14H2,1H3/t17-/m1/s1. The van der Waals surface area contributed by atoms with E-state index >= 15 is 0 Å². The number of piperidine rings is 1. The van der Waals surface area contributed by atoms with Gasteiger partial charge in [0.1, 0.15) is 11.4 Å². The Hall–Kier alpha value is -2.08. The molecule has 26 heavy (non-hydrogen) atoms. The molecule has 2 saturated heterocycles. The van der Waals surface area contributed by atoms with Gasteiger partial charge >= 0.3 is 0 Å². The minimum absolute atomic E-state index is 0.00791. The van der Waals surface area contributed by atoms with Gasteiger partial charge in [0.2, 0.25) is 11.8 Å². The van der Waals surface area contributed by atoms with Gasteiger partial charge in [0, 0.05) is 51.6 Å². The van der Waals surface area contributed by atoms with Crippen LogP contribution in [0.4, 0.5) is 0 Å². The number of ether oxygens (including phenoxy) is 2. The van der Waals surface area contributed by atoms with Crippen molar-refractivity contribution in [3.8, 4) is 5.75 Å². The number of hydrogen-bond donors (Lipinski definition) is 0. The van der Waals surface area contributed by atoms with Crippen LogP contribution in [-0.4, -0.2) is 60.1 Å². The normalized spacial score (nSPS) is 24.7. The zero-order valence-corrected chi connectivity index (χ0v) is 15.3. The van der Waals surface area contributed by atoms with Crippen LogP contribution < -0.4 is 4.74 Å². The highest BCUT2D eigenvalue weighted by Crippen LogP contribution is 2.36. The molecule has 1 atom stereocenters. The molecule has 2 fully saturated rings. The molecule has 1 aromatic rings. The monoisotopic (exact) mass is 358 g/mol. The summed E-state index contributed by atoms with van der Waals surface area (Å²) < 4.78 is 11.8. The summed E-state index contributed by atoms with van der Waals surface area (Å²) in [7, 11) is 0. The molecule has 1 spiro atoms. The van der Waals surface area contributed by atoms with Crippen molar-refractivity contribution in [2.24, 2.45) is 5.92 Å². The second-order valence-electron chi connectivity index (χ2n) is 7.65. The third kappa shape index (κ3) is 3.30. The number of carbonyl (C=O) groups is 2. The van der Waals surface area contributed by atoms with Gasteiger partial charge in [0.15, 0.2) is 0 Å². The van der Waals surface area contributed by atoms with Crippen LogP contribution in [-0.2, 0) is 20.9 Å². The van der Waals surface area contributed by atoms with Crippen molar-refractivity contribution < 1.29 is 19.1 Å². The number of benzene rings is 1. The van der Waals surface area contributed by atoms with E-state index < -0.39 is 5.60 Å². The number of nitrogens with zero attached hydrogens (tertiary/aromatic N) is 2. The van der Waals surface area contributed by atoms with Gasteiger partial charge in [-0.3, -0.25) is 9.59 Å². The minimum atomic E-state index is -0.415. The first kappa shape index (κ1) is 17.3. The first-order valence-corrected chi connectivity index (χ1v) is 9.45. The van der Waals surface area contributed by atoms with Crippen molar-refractivity contribution in [1.29, 1.82) is 0 Å². The van der Waals surface area contributed by atoms with E-state index in [1.807, 2.05) is 34.1 Å². The number of para-hydroxylation sites is 1. The lowest BCUT2D eigenvalue weighted by atomic mass is 9.89.